The first kappa shape index (κ1) is 19.1. The van der Waals surface area contributed by atoms with Crippen molar-refractivity contribution in [2.24, 2.45) is 0 Å². The molecule has 1 aromatic heterocycles. The Kier molecular flexibility index (Phi) is 5.54. The molecule has 4 rings (SSSR count). The van der Waals surface area contributed by atoms with Gasteiger partial charge in [-0.15, -0.1) is 0 Å². The second-order valence-electron chi connectivity index (χ2n) is 7.13. The molecule has 0 aliphatic carbocycles. The Bertz CT molecular complexity index is 1110. The van der Waals surface area contributed by atoms with E-state index in [4.69, 9.17) is 4.74 Å². The quantitative estimate of drug-likeness (QED) is 0.460. The number of hydrogen-bond donors (Lipinski definition) is 1. The smallest absolute Gasteiger partial charge is 0.123 e. The molecule has 29 heavy (non-hydrogen) atoms. The monoisotopic (exact) mass is 387 g/mol. The number of aromatic nitrogens is 1. The van der Waals surface area contributed by atoms with Gasteiger partial charge in [0.1, 0.15) is 18.2 Å². The number of benzene rings is 3. The first-order valence-corrected chi connectivity index (χ1v) is 9.62. The fraction of sp³-hybridized carbons (Fsp3) is 0.160. The lowest BCUT2D eigenvalue weighted by atomic mass is 9.90. The first-order valence-electron chi connectivity index (χ1n) is 9.62. The molecule has 3 nitrogen and oxygen atoms in total. The molecular weight excluding hydrogens is 365 g/mol. The SMILES string of the molecule is CC(CO)c1cnc2cc(OCc3ccccc3)ccc2c1-c1ccc(F)cc1. The van der Waals surface area contributed by atoms with Gasteiger partial charge in [-0.2, -0.15) is 0 Å². The Morgan fingerprint density at radius 3 is 2.48 bits per heavy atom. The molecular formula is C25H22FNO2. The zero-order valence-electron chi connectivity index (χ0n) is 16.2. The Hall–Kier alpha value is -3.24. The molecule has 1 heterocycles. The highest BCUT2D eigenvalue weighted by Gasteiger charge is 2.16. The molecule has 0 saturated carbocycles. The lowest BCUT2D eigenvalue weighted by Gasteiger charge is -2.17. The summed E-state index contributed by atoms with van der Waals surface area (Å²) in [6.45, 7) is 2.45. The fourth-order valence-corrected chi connectivity index (χ4v) is 3.43. The van der Waals surface area contributed by atoms with Gasteiger partial charge >= 0.3 is 0 Å². The van der Waals surface area contributed by atoms with Gasteiger partial charge in [0.25, 0.3) is 0 Å². The van der Waals surface area contributed by atoms with Crippen LogP contribution in [0, 0.1) is 5.82 Å². The zero-order chi connectivity index (χ0) is 20.2. The molecule has 0 bridgehead atoms. The highest BCUT2D eigenvalue weighted by atomic mass is 19.1. The predicted octanol–water partition coefficient (Wildman–Crippen LogP) is 5.72. The summed E-state index contributed by atoms with van der Waals surface area (Å²) in [5, 5.41) is 10.6. The maximum atomic E-state index is 13.5. The number of halogens is 1. The van der Waals surface area contributed by atoms with E-state index in [0.717, 1.165) is 38.9 Å². The molecule has 0 aliphatic rings. The largest absolute Gasteiger partial charge is 0.489 e. The van der Waals surface area contributed by atoms with Crippen LogP contribution in [0.5, 0.6) is 5.75 Å². The summed E-state index contributed by atoms with van der Waals surface area (Å²) < 4.78 is 19.4. The minimum Gasteiger partial charge on any atom is -0.489 e. The van der Waals surface area contributed by atoms with E-state index in [2.05, 4.69) is 4.98 Å². The van der Waals surface area contributed by atoms with Gasteiger partial charge in [0.05, 0.1) is 5.52 Å². The van der Waals surface area contributed by atoms with Crippen LogP contribution in [0.3, 0.4) is 0 Å². The molecule has 1 N–H and O–H groups in total. The van der Waals surface area contributed by atoms with Gasteiger partial charge in [0.15, 0.2) is 0 Å². The number of rotatable bonds is 6. The van der Waals surface area contributed by atoms with Crippen LogP contribution < -0.4 is 4.74 Å². The second kappa shape index (κ2) is 8.41. The molecule has 0 amide bonds. The van der Waals surface area contributed by atoms with E-state index in [1.807, 2.05) is 55.5 Å². The second-order valence-corrected chi connectivity index (χ2v) is 7.13. The summed E-state index contributed by atoms with van der Waals surface area (Å²) in [5.41, 5.74) is 4.69. The van der Waals surface area contributed by atoms with Crippen molar-refractivity contribution in [2.75, 3.05) is 6.61 Å². The van der Waals surface area contributed by atoms with Crippen LogP contribution in [-0.2, 0) is 6.61 Å². The third-order valence-corrected chi connectivity index (χ3v) is 5.06. The van der Waals surface area contributed by atoms with Gasteiger partial charge in [0.2, 0.25) is 0 Å². The first-order chi connectivity index (χ1) is 14.2. The predicted molar refractivity (Wildman–Crippen MR) is 113 cm³/mol. The number of nitrogens with zero attached hydrogens (tertiary/aromatic N) is 1. The number of ether oxygens (including phenoxy) is 1. The van der Waals surface area contributed by atoms with Crippen LogP contribution in [-0.4, -0.2) is 16.7 Å². The molecule has 146 valence electrons. The summed E-state index contributed by atoms with van der Waals surface area (Å²) in [5.74, 6) is 0.378. The Labute approximate surface area is 169 Å². The Morgan fingerprint density at radius 1 is 1.00 bits per heavy atom. The third-order valence-electron chi connectivity index (χ3n) is 5.06. The van der Waals surface area contributed by atoms with Crippen molar-refractivity contribution >= 4 is 10.9 Å². The fourth-order valence-electron chi connectivity index (χ4n) is 3.43. The standard InChI is InChI=1S/C25H22FNO2/c1-17(15-28)23-14-27-24-13-21(29-16-18-5-3-2-4-6-18)11-12-22(24)25(23)19-7-9-20(26)10-8-19/h2-14,17,28H,15-16H2,1H3. The van der Waals surface area contributed by atoms with Crippen LogP contribution >= 0.6 is 0 Å². The van der Waals surface area contributed by atoms with Gasteiger partial charge in [-0.25, -0.2) is 4.39 Å². The van der Waals surface area contributed by atoms with Crippen LogP contribution in [0.15, 0.2) is 79.0 Å². The van der Waals surface area contributed by atoms with E-state index in [1.54, 1.807) is 18.3 Å². The van der Waals surface area contributed by atoms with Crippen LogP contribution in [0.2, 0.25) is 0 Å². The maximum Gasteiger partial charge on any atom is 0.123 e. The van der Waals surface area contributed by atoms with Crippen molar-refractivity contribution in [3.8, 4) is 16.9 Å². The van der Waals surface area contributed by atoms with Crippen molar-refractivity contribution in [1.82, 2.24) is 4.98 Å². The number of fused-ring (bicyclic) bond motifs is 1. The molecule has 0 radical (unpaired) electrons. The van der Waals surface area contributed by atoms with Crippen molar-refractivity contribution in [2.45, 2.75) is 19.4 Å². The van der Waals surface area contributed by atoms with Gasteiger partial charge < -0.3 is 9.84 Å². The van der Waals surface area contributed by atoms with Gasteiger partial charge in [-0.05, 0) is 46.5 Å². The lowest BCUT2D eigenvalue weighted by Crippen LogP contribution is -2.03. The summed E-state index contributed by atoms with van der Waals surface area (Å²) in [6, 6.07) is 22.2. The topological polar surface area (TPSA) is 42.4 Å². The highest BCUT2D eigenvalue weighted by Crippen LogP contribution is 2.36. The van der Waals surface area contributed by atoms with E-state index in [1.165, 1.54) is 12.1 Å². The van der Waals surface area contributed by atoms with Gasteiger partial charge in [-0.3, -0.25) is 4.98 Å². The van der Waals surface area contributed by atoms with E-state index < -0.39 is 0 Å². The lowest BCUT2D eigenvalue weighted by molar-refractivity contribution is 0.273. The molecule has 0 saturated heterocycles. The van der Waals surface area contributed by atoms with Crippen molar-refractivity contribution in [3.63, 3.8) is 0 Å². The summed E-state index contributed by atoms with van der Waals surface area (Å²) in [6.07, 6.45) is 1.79. The number of hydrogen-bond acceptors (Lipinski definition) is 3. The minimum atomic E-state index is -0.277. The normalized spacial score (nSPS) is 12.1. The number of pyridine rings is 1. The minimum absolute atomic E-state index is 0.0135. The van der Waals surface area contributed by atoms with Crippen molar-refractivity contribution < 1.29 is 14.2 Å². The Balaban J connectivity index is 1.75. The molecule has 4 heteroatoms. The summed E-state index contributed by atoms with van der Waals surface area (Å²) >= 11 is 0. The van der Waals surface area contributed by atoms with Crippen LogP contribution in [0.1, 0.15) is 24.0 Å². The average molecular weight is 387 g/mol. The molecule has 0 aliphatic heterocycles. The highest BCUT2D eigenvalue weighted by molar-refractivity contribution is 5.96. The molecule has 0 fully saturated rings. The molecule has 1 unspecified atom stereocenters. The van der Waals surface area contributed by atoms with Crippen LogP contribution in [0.4, 0.5) is 4.39 Å². The Morgan fingerprint density at radius 2 is 1.76 bits per heavy atom. The maximum absolute atomic E-state index is 13.5. The summed E-state index contributed by atoms with van der Waals surface area (Å²) in [4.78, 5) is 4.60. The van der Waals surface area contributed by atoms with Crippen LogP contribution in [0.25, 0.3) is 22.0 Å². The van der Waals surface area contributed by atoms with Crippen molar-refractivity contribution in [1.29, 1.82) is 0 Å². The van der Waals surface area contributed by atoms with Gasteiger partial charge in [0, 0.05) is 30.2 Å². The van der Waals surface area contributed by atoms with Gasteiger partial charge in [-0.1, -0.05) is 49.4 Å². The average Bonchev–Trinajstić information content (AvgIpc) is 2.77. The zero-order valence-corrected chi connectivity index (χ0v) is 16.2. The number of aliphatic hydroxyl groups is 1. The third kappa shape index (κ3) is 4.13. The number of aliphatic hydroxyl groups excluding tert-OH is 1. The van der Waals surface area contributed by atoms with E-state index in [9.17, 15) is 9.50 Å². The summed E-state index contributed by atoms with van der Waals surface area (Å²) in [7, 11) is 0. The molecule has 1 atom stereocenters. The van der Waals surface area contributed by atoms with E-state index in [-0.39, 0.29) is 18.3 Å². The van der Waals surface area contributed by atoms with E-state index >= 15 is 0 Å². The molecule has 3 aromatic carbocycles. The van der Waals surface area contributed by atoms with E-state index in [0.29, 0.717) is 6.61 Å². The molecule has 0 spiro atoms. The molecule has 4 aromatic rings. The van der Waals surface area contributed by atoms with Crippen molar-refractivity contribution in [3.05, 3.63) is 95.9 Å².